The van der Waals surface area contributed by atoms with Gasteiger partial charge in [0.25, 0.3) is 0 Å². The zero-order valence-corrected chi connectivity index (χ0v) is 18.0. The van der Waals surface area contributed by atoms with Crippen molar-refractivity contribution >= 4 is 34.0 Å². The fourth-order valence-corrected chi connectivity index (χ4v) is 4.04. The first-order valence-corrected chi connectivity index (χ1v) is 10.5. The molecule has 1 amide bonds. The third-order valence-electron chi connectivity index (χ3n) is 5.66. The Labute approximate surface area is 192 Å². The van der Waals surface area contributed by atoms with Crippen molar-refractivity contribution in [3.8, 4) is 17.2 Å². The quantitative estimate of drug-likeness (QED) is 0.318. The van der Waals surface area contributed by atoms with Crippen LogP contribution in [0.1, 0.15) is 22.3 Å². The number of imidazole rings is 1. The summed E-state index contributed by atoms with van der Waals surface area (Å²) in [6.07, 6.45) is -3.67. The Morgan fingerprint density at radius 2 is 2.00 bits per heavy atom. The summed E-state index contributed by atoms with van der Waals surface area (Å²) < 4.78 is 46.2. The maximum absolute atomic E-state index is 12.7. The van der Waals surface area contributed by atoms with Gasteiger partial charge in [0.2, 0.25) is 5.91 Å². The maximum Gasteiger partial charge on any atom is 0.390 e. The van der Waals surface area contributed by atoms with E-state index < -0.39 is 18.5 Å². The first-order chi connectivity index (χ1) is 16.2. The molecule has 1 aliphatic heterocycles. The van der Waals surface area contributed by atoms with E-state index in [4.69, 9.17) is 10.5 Å². The molecule has 7 nitrogen and oxygen atoms in total. The summed E-state index contributed by atoms with van der Waals surface area (Å²) in [7, 11) is 0. The van der Waals surface area contributed by atoms with Crippen molar-refractivity contribution in [3.63, 3.8) is 0 Å². The van der Waals surface area contributed by atoms with Gasteiger partial charge in [0, 0.05) is 23.4 Å². The number of benzene rings is 3. The summed E-state index contributed by atoms with van der Waals surface area (Å²) in [5, 5.41) is 6.15. The molecule has 0 saturated carbocycles. The van der Waals surface area contributed by atoms with Gasteiger partial charge in [0.1, 0.15) is 11.8 Å². The van der Waals surface area contributed by atoms with Crippen LogP contribution in [0.5, 0.6) is 11.5 Å². The number of carbonyl (C=O) groups excluding carboxylic acids is 1. The molecular weight excluding hydrogens is 447 g/mol. The number of carbonyl (C=O) groups is 1. The van der Waals surface area contributed by atoms with Crippen LogP contribution in [0.4, 0.5) is 30.2 Å². The van der Waals surface area contributed by atoms with Gasteiger partial charge in [-0.2, -0.15) is 13.2 Å². The zero-order chi connectivity index (χ0) is 24.0. The van der Waals surface area contributed by atoms with E-state index in [-0.39, 0.29) is 6.54 Å². The number of anilines is 3. The molecular formula is C24H20F3N5O2. The molecule has 0 fully saturated rings. The van der Waals surface area contributed by atoms with Gasteiger partial charge in [-0.05, 0) is 43.3 Å². The predicted octanol–water partition coefficient (Wildman–Crippen LogP) is 5.65. The van der Waals surface area contributed by atoms with Crippen molar-refractivity contribution in [1.29, 1.82) is 0 Å². The van der Waals surface area contributed by atoms with Crippen molar-refractivity contribution in [2.75, 3.05) is 17.2 Å². The Balaban J connectivity index is 1.73. The number of ether oxygens (including phenoxy) is 1. The van der Waals surface area contributed by atoms with E-state index in [0.717, 1.165) is 0 Å². The Morgan fingerprint density at radius 1 is 1.21 bits per heavy atom. The molecule has 0 spiro atoms. The Kier molecular flexibility index (Phi) is 5.07. The number of aromatic nitrogens is 2. The number of nitrogens with two attached hydrogens (primary N) is 1. The average molecular weight is 467 g/mol. The molecule has 174 valence electrons. The van der Waals surface area contributed by atoms with Crippen LogP contribution in [0.3, 0.4) is 0 Å². The highest BCUT2D eigenvalue weighted by Gasteiger charge is 2.27. The molecule has 2 heterocycles. The van der Waals surface area contributed by atoms with E-state index in [1.807, 2.05) is 24.3 Å². The topological polar surface area (TPSA) is 94.2 Å². The van der Waals surface area contributed by atoms with E-state index in [1.165, 1.54) is 0 Å². The molecule has 0 atom stereocenters. The lowest BCUT2D eigenvalue weighted by molar-refractivity contribution is -0.131. The largest absolute Gasteiger partial charge is 0.453 e. The fourth-order valence-electron chi connectivity index (χ4n) is 4.04. The maximum atomic E-state index is 12.7. The predicted molar refractivity (Wildman–Crippen MR) is 123 cm³/mol. The second-order valence-corrected chi connectivity index (χ2v) is 7.97. The van der Waals surface area contributed by atoms with Gasteiger partial charge in [-0.1, -0.05) is 12.1 Å². The van der Waals surface area contributed by atoms with Gasteiger partial charge in [-0.25, -0.2) is 4.98 Å². The molecule has 0 unspecified atom stereocenters. The third kappa shape index (κ3) is 3.87. The summed E-state index contributed by atoms with van der Waals surface area (Å²) in [6.45, 7) is 1.46. The van der Waals surface area contributed by atoms with E-state index in [9.17, 15) is 18.0 Å². The number of para-hydroxylation sites is 2. The van der Waals surface area contributed by atoms with Crippen LogP contribution < -0.4 is 21.1 Å². The van der Waals surface area contributed by atoms with Gasteiger partial charge in [0.05, 0.1) is 29.0 Å². The van der Waals surface area contributed by atoms with Gasteiger partial charge in [-0.15, -0.1) is 0 Å². The minimum atomic E-state index is -4.27. The zero-order valence-electron chi connectivity index (χ0n) is 18.0. The number of amides is 1. The lowest BCUT2D eigenvalue weighted by Gasteiger charge is -2.21. The summed E-state index contributed by atoms with van der Waals surface area (Å²) >= 11 is 0. The van der Waals surface area contributed by atoms with E-state index in [1.54, 1.807) is 42.1 Å². The molecule has 2 bridgehead atoms. The van der Waals surface area contributed by atoms with Crippen molar-refractivity contribution in [2.45, 2.75) is 19.5 Å². The summed E-state index contributed by atoms with van der Waals surface area (Å²) in [6, 6.07) is 14.2. The second-order valence-electron chi connectivity index (χ2n) is 7.97. The molecule has 1 aromatic heterocycles. The van der Waals surface area contributed by atoms with Crippen LogP contribution >= 0.6 is 0 Å². The number of primary amides is 1. The molecule has 0 saturated heterocycles. The number of halogens is 3. The Bertz CT molecular complexity index is 1430. The lowest BCUT2D eigenvalue weighted by Crippen LogP contribution is -2.15. The van der Waals surface area contributed by atoms with Gasteiger partial charge in [0.15, 0.2) is 11.5 Å². The number of nitrogens with zero attached hydrogens (tertiary/aromatic N) is 2. The van der Waals surface area contributed by atoms with Gasteiger partial charge < -0.3 is 21.1 Å². The second kappa shape index (κ2) is 7.98. The lowest BCUT2D eigenvalue weighted by atomic mass is 10.1. The van der Waals surface area contributed by atoms with Crippen molar-refractivity contribution in [3.05, 3.63) is 66.0 Å². The minimum Gasteiger partial charge on any atom is -0.453 e. The third-order valence-corrected chi connectivity index (χ3v) is 5.66. The number of fused-ring (bicyclic) bond motifs is 4. The Morgan fingerprint density at radius 3 is 2.76 bits per heavy atom. The van der Waals surface area contributed by atoms with Crippen LogP contribution in [0.2, 0.25) is 0 Å². The number of hydrogen-bond donors (Lipinski definition) is 3. The molecule has 5 rings (SSSR count). The van der Waals surface area contributed by atoms with Gasteiger partial charge >= 0.3 is 6.18 Å². The van der Waals surface area contributed by atoms with Crippen LogP contribution in [0, 0.1) is 6.92 Å². The van der Waals surface area contributed by atoms with Crippen molar-refractivity contribution in [2.24, 2.45) is 5.73 Å². The molecule has 3 aromatic carbocycles. The van der Waals surface area contributed by atoms with Crippen LogP contribution in [-0.4, -0.2) is 28.2 Å². The fraction of sp³-hybridized carbons (Fsp3) is 0.167. The average Bonchev–Trinajstić information content (AvgIpc) is 3.19. The summed E-state index contributed by atoms with van der Waals surface area (Å²) in [4.78, 5) is 16.4. The molecule has 4 aromatic rings. The van der Waals surface area contributed by atoms with Crippen LogP contribution in [0.25, 0.3) is 16.7 Å². The highest BCUT2D eigenvalue weighted by Crippen LogP contribution is 2.41. The number of hydrogen-bond acceptors (Lipinski definition) is 5. The molecule has 1 aliphatic rings. The molecule has 0 aliphatic carbocycles. The smallest absolute Gasteiger partial charge is 0.390 e. The summed E-state index contributed by atoms with van der Waals surface area (Å²) in [5.74, 6) is 0.341. The normalized spacial score (nSPS) is 12.5. The van der Waals surface area contributed by atoms with Crippen LogP contribution in [0.15, 0.2) is 54.9 Å². The SMILES string of the molecule is Cc1c(C(N)=O)ccc2c1Oc1ccccc1Nc1cc(NCCC(F)(F)F)c3ncn-2c3c1. The molecule has 4 N–H and O–H groups in total. The van der Waals surface area contributed by atoms with E-state index >= 15 is 0 Å². The van der Waals surface area contributed by atoms with Crippen molar-refractivity contribution < 1.29 is 22.7 Å². The number of rotatable bonds is 4. The van der Waals surface area contributed by atoms with Crippen LogP contribution in [-0.2, 0) is 0 Å². The molecule has 10 heteroatoms. The highest BCUT2D eigenvalue weighted by molar-refractivity contribution is 5.97. The first kappa shape index (κ1) is 21.6. The highest BCUT2D eigenvalue weighted by atomic mass is 19.4. The first-order valence-electron chi connectivity index (χ1n) is 10.5. The number of alkyl halides is 3. The van der Waals surface area contributed by atoms with Crippen molar-refractivity contribution in [1.82, 2.24) is 9.55 Å². The minimum absolute atomic E-state index is 0.285. The standard InChI is InChI=1S/C24H20F3N5O2/c1-13-15(23(28)33)6-7-18-22(13)34-20-5-3-2-4-16(20)31-14-10-17(29-9-8-24(25,26)27)21-19(11-14)32(18)12-30-21/h2-7,10-12,29,31H,8-9H2,1H3,(H2,28,33). The molecule has 0 radical (unpaired) electrons. The monoisotopic (exact) mass is 467 g/mol. The van der Waals surface area contributed by atoms with E-state index in [0.29, 0.717) is 56.4 Å². The molecule has 34 heavy (non-hydrogen) atoms. The Hall–Kier alpha value is -4.21. The van der Waals surface area contributed by atoms with Gasteiger partial charge in [-0.3, -0.25) is 9.36 Å². The summed E-state index contributed by atoms with van der Waals surface area (Å²) in [5.41, 5.74) is 9.96. The number of nitrogens with one attached hydrogen (secondary N) is 2. The van der Waals surface area contributed by atoms with E-state index in [2.05, 4.69) is 15.6 Å².